The zero-order valence-electron chi connectivity index (χ0n) is 14.3. The molecule has 2 aromatic rings. The number of benzene rings is 1. The maximum Gasteiger partial charge on any atom is 0.252 e. The quantitative estimate of drug-likeness (QED) is 0.745. The summed E-state index contributed by atoms with van der Waals surface area (Å²) in [4.78, 5) is 3.37. The zero-order chi connectivity index (χ0) is 17.9. The molecule has 4 nitrogen and oxygen atoms in total. The van der Waals surface area contributed by atoms with Crippen LogP contribution >= 0.6 is 22.9 Å². The van der Waals surface area contributed by atoms with E-state index in [9.17, 15) is 8.42 Å². The topological polar surface area (TPSA) is 40.6 Å². The summed E-state index contributed by atoms with van der Waals surface area (Å²) < 4.78 is 27.4. The van der Waals surface area contributed by atoms with Crippen LogP contribution < -0.4 is 0 Å². The van der Waals surface area contributed by atoms with Gasteiger partial charge in [0, 0.05) is 36.1 Å². The van der Waals surface area contributed by atoms with Crippen LogP contribution in [-0.2, 0) is 16.4 Å². The van der Waals surface area contributed by atoms with E-state index in [4.69, 9.17) is 11.6 Å². The molecule has 0 unspecified atom stereocenters. The molecule has 1 fully saturated rings. The Bertz CT molecular complexity index is 812. The van der Waals surface area contributed by atoms with Crippen LogP contribution in [0.2, 0.25) is 5.02 Å². The van der Waals surface area contributed by atoms with Crippen LogP contribution in [0.1, 0.15) is 16.9 Å². The Morgan fingerprint density at radius 1 is 1.12 bits per heavy atom. The summed E-state index contributed by atoms with van der Waals surface area (Å²) in [5, 5.41) is 0.778. The third kappa shape index (κ3) is 4.83. The van der Waals surface area contributed by atoms with Gasteiger partial charge in [0.2, 0.25) is 0 Å². The number of halogens is 1. The van der Waals surface area contributed by atoms with Crippen LogP contribution in [0.3, 0.4) is 0 Å². The minimum atomic E-state index is -3.32. The molecule has 136 valence electrons. The first-order valence-electron chi connectivity index (χ1n) is 8.48. The van der Waals surface area contributed by atoms with Crippen LogP contribution in [0.4, 0.5) is 0 Å². The second-order valence-corrected chi connectivity index (χ2v) is 10.2. The van der Waals surface area contributed by atoms with Gasteiger partial charge in [0.15, 0.2) is 0 Å². The predicted octanol–water partition coefficient (Wildman–Crippen LogP) is 3.65. The first kappa shape index (κ1) is 18.9. The van der Waals surface area contributed by atoms with Gasteiger partial charge < -0.3 is 4.90 Å². The Hall–Kier alpha value is -0.920. The number of rotatable bonds is 6. The van der Waals surface area contributed by atoms with E-state index in [2.05, 4.69) is 11.0 Å². The second kappa shape index (κ2) is 8.18. The van der Waals surface area contributed by atoms with Crippen molar-refractivity contribution in [1.82, 2.24) is 9.21 Å². The monoisotopic (exact) mass is 398 g/mol. The molecule has 0 amide bonds. The number of aryl methyl sites for hydroxylation is 2. The Balaban J connectivity index is 1.47. The lowest BCUT2D eigenvalue weighted by atomic mass is 10.1. The van der Waals surface area contributed by atoms with E-state index < -0.39 is 10.0 Å². The minimum absolute atomic E-state index is 0.458. The number of thiophene rings is 1. The summed E-state index contributed by atoms with van der Waals surface area (Å²) in [6, 6.07) is 11.6. The molecule has 1 aliphatic rings. The molecule has 1 aliphatic heterocycles. The number of sulfonamides is 1. The van der Waals surface area contributed by atoms with Gasteiger partial charge in [-0.2, -0.15) is 4.31 Å². The summed E-state index contributed by atoms with van der Waals surface area (Å²) in [6.45, 7) is 5.63. The number of nitrogens with zero attached hydrogens (tertiary/aromatic N) is 2. The molecule has 0 radical (unpaired) electrons. The highest BCUT2D eigenvalue weighted by Crippen LogP contribution is 2.25. The van der Waals surface area contributed by atoms with E-state index in [1.807, 2.05) is 31.2 Å². The average Bonchev–Trinajstić information content (AvgIpc) is 3.03. The van der Waals surface area contributed by atoms with E-state index in [0.29, 0.717) is 17.3 Å². The molecule has 1 saturated heterocycles. The van der Waals surface area contributed by atoms with Gasteiger partial charge in [0.25, 0.3) is 10.0 Å². The van der Waals surface area contributed by atoms with Crippen molar-refractivity contribution in [2.45, 2.75) is 24.0 Å². The van der Waals surface area contributed by atoms with Gasteiger partial charge in [0.05, 0.1) is 0 Å². The molecule has 0 bridgehead atoms. The van der Waals surface area contributed by atoms with Gasteiger partial charge in [-0.1, -0.05) is 23.7 Å². The molecule has 25 heavy (non-hydrogen) atoms. The molecule has 0 spiro atoms. The molecule has 3 rings (SSSR count). The van der Waals surface area contributed by atoms with Crippen molar-refractivity contribution in [3.8, 4) is 0 Å². The normalized spacial score (nSPS) is 17.0. The molecule has 0 saturated carbocycles. The fourth-order valence-corrected chi connectivity index (χ4v) is 6.14. The largest absolute Gasteiger partial charge is 0.301 e. The van der Waals surface area contributed by atoms with Gasteiger partial charge >= 0.3 is 0 Å². The van der Waals surface area contributed by atoms with Crippen LogP contribution in [0.15, 0.2) is 40.6 Å². The summed E-state index contributed by atoms with van der Waals surface area (Å²) in [7, 11) is -3.32. The fraction of sp³-hybridized carbons (Fsp3) is 0.444. The lowest BCUT2D eigenvalue weighted by Gasteiger charge is -2.33. The predicted molar refractivity (Wildman–Crippen MR) is 104 cm³/mol. The van der Waals surface area contributed by atoms with Gasteiger partial charge in [0.1, 0.15) is 4.21 Å². The highest BCUT2D eigenvalue weighted by Gasteiger charge is 2.29. The Morgan fingerprint density at radius 3 is 2.52 bits per heavy atom. The highest BCUT2D eigenvalue weighted by atomic mass is 35.5. The lowest BCUT2D eigenvalue weighted by Crippen LogP contribution is -2.48. The second-order valence-electron chi connectivity index (χ2n) is 6.34. The van der Waals surface area contributed by atoms with E-state index in [1.165, 1.54) is 16.9 Å². The fourth-order valence-electron chi connectivity index (χ4n) is 3.07. The van der Waals surface area contributed by atoms with E-state index in [-0.39, 0.29) is 0 Å². The molecule has 1 aromatic carbocycles. The van der Waals surface area contributed by atoms with Gasteiger partial charge in [-0.3, -0.25) is 0 Å². The molecule has 7 heteroatoms. The maximum absolute atomic E-state index is 12.6. The molecule has 2 heterocycles. The third-order valence-corrected chi connectivity index (χ3v) is 8.07. The highest BCUT2D eigenvalue weighted by molar-refractivity contribution is 7.91. The summed E-state index contributed by atoms with van der Waals surface area (Å²) >= 11 is 7.36. The van der Waals surface area contributed by atoms with Crippen LogP contribution in [0.5, 0.6) is 0 Å². The lowest BCUT2D eigenvalue weighted by molar-refractivity contribution is 0.187. The SMILES string of the molecule is Cc1ccc(S(=O)(=O)N2CCN(CCCc3cccc(Cl)c3)CC2)s1. The minimum Gasteiger partial charge on any atom is -0.301 e. The molecular formula is C18H23ClN2O2S2. The van der Waals surface area contributed by atoms with Crippen molar-refractivity contribution >= 4 is 33.0 Å². The number of piperazine rings is 1. The van der Waals surface area contributed by atoms with Gasteiger partial charge in [-0.25, -0.2) is 8.42 Å². The third-order valence-electron chi connectivity index (χ3n) is 4.47. The van der Waals surface area contributed by atoms with Crippen LogP contribution in [0, 0.1) is 6.92 Å². The summed E-state index contributed by atoms with van der Waals surface area (Å²) in [5.74, 6) is 0. The number of hydrogen-bond donors (Lipinski definition) is 0. The first-order valence-corrected chi connectivity index (χ1v) is 11.1. The molecule has 0 N–H and O–H groups in total. The van der Waals surface area contributed by atoms with Crippen LogP contribution in [-0.4, -0.2) is 50.3 Å². The first-order chi connectivity index (χ1) is 11.9. The van der Waals surface area contributed by atoms with E-state index >= 15 is 0 Å². The van der Waals surface area contributed by atoms with Crippen molar-refractivity contribution in [2.24, 2.45) is 0 Å². The summed E-state index contributed by atoms with van der Waals surface area (Å²) in [5.41, 5.74) is 1.25. The van der Waals surface area contributed by atoms with Crippen molar-refractivity contribution in [1.29, 1.82) is 0 Å². The Morgan fingerprint density at radius 2 is 1.88 bits per heavy atom. The standard InChI is InChI=1S/C18H23ClN2O2S2/c1-15-7-8-18(24-15)25(22,23)21-12-10-20(11-13-21)9-3-5-16-4-2-6-17(19)14-16/h2,4,6-8,14H,3,5,9-13H2,1H3. The smallest absolute Gasteiger partial charge is 0.252 e. The van der Waals surface area contributed by atoms with Gasteiger partial charge in [-0.15, -0.1) is 11.3 Å². The Labute approximate surface area is 159 Å². The van der Waals surface area contributed by atoms with Crippen molar-refractivity contribution in [3.05, 3.63) is 51.9 Å². The molecule has 0 atom stereocenters. The van der Waals surface area contributed by atoms with Crippen molar-refractivity contribution < 1.29 is 8.42 Å². The Kier molecular flexibility index (Phi) is 6.17. The van der Waals surface area contributed by atoms with Crippen LogP contribution in [0.25, 0.3) is 0 Å². The van der Waals surface area contributed by atoms with E-state index in [0.717, 1.165) is 42.4 Å². The summed E-state index contributed by atoms with van der Waals surface area (Å²) in [6.07, 6.45) is 2.05. The zero-order valence-corrected chi connectivity index (χ0v) is 16.7. The molecular weight excluding hydrogens is 376 g/mol. The van der Waals surface area contributed by atoms with Gasteiger partial charge in [-0.05, 0) is 56.1 Å². The van der Waals surface area contributed by atoms with Crippen molar-refractivity contribution in [2.75, 3.05) is 32.7 Å². The molecule has 1 aromatic heterocycles. The van der Waals surface area contributed by atoms with E-state index in [1.54, 1.807) is 10.4 Å². The molecule has 0 aliphatic carbocycles. The maximum atomic E-state index is 12.6. The van der Waals surface area contributed by atoms with Crippen molar-refractivity contribution in [3.63, 3.8) is 0 Å². The number of hydrogen-bond acceptors (Lipinski definition) is 4. The average molecular weight is 399 g/mol.